The third kappa shape index (κ3) is 2.05. The predicted octanol–water partition coefficient (Wildman–Crippen LogP) is 3.12. The molecule has 5 heteroatoms. The summed E-state index contributed by atoms with van der Waals surface area (Å²) in [5, 5.41) is 14.1. The molecule has 0 amide bonds. The van der Waals surface area contributed by atoms with Crippen LogP contribution in [0.15, 0.2) is 42.7 Å². The van der Waals surface area contributed by atoms with Crippen molar-refractivity contribution < 1.29 is 0 Å². The molecule has 0 spiro atoms. The zero-order chi connectivity index (χ0) is 13.2. The summed E-state index contributed by atoms with van der Waals surface area (Å²) >= 11 is 6.01. The lowest BCUT2D eigenvalue weighted by atomic mass is 10.1. The van der Waals surface area contributed by atoms with Crippen LogP contribution in [0, 0.1) is 11.3 Å². The van der Waals surface area contributed by atoms with E-state index in [-0.39, 0.29) is 6.42 Å². The number of hydrogen-bond acceptors (Lipinski definition) is 3. The van der Waals surface area contributed by atoms with E-state index in [1.54, 1.807) is 16.8 Å². The molecule has 3 aromatic rings. The Bertz CT molecular complexity index is 785. The van der Waals surface area contributed by atoms with E-state index >= 15 is 0 Å². The molecule has 0 aliphatic rings. The molecule has 0 N–H and O–H groups in total. The second-order valence-corrected chi connectivity index (χ2v) is 4.50. The number of nitrogens with zero attached hydrogens (tertiary/aromatic N) is 4. The van der Waals surface area contributed by atoms with Crippen LogP contribution in [-0.2, 0) is 6.42 Å². The maximum atomic E-state index is 8.98. The van der Waals surface area contributed by atoms with Crippen LogP contribution >= 0.6 is 11.6 Å². The summed E-state index contributed by atoms with van der Waals surface area (Å²) in [7, 11) is 0. The van der Waals surface area contributed by atoms with E-state index in [0.717, 1.165) is 16.8 Å². The average Bonchev–Trinajstić information content (AvgIpc) is 2.79. The molecule has 0 atom stereocenters. The van der Waals surface area contributed by atoms with Crippen LogP contribution in [0.4, 0.5) is 0 Å². The van der Waals surface area contributed by atoms with Crippen LogP contribution in [0.3, 0.4) is 0 Å². The zero-order valence-corrected chi connectivity index (χ0v) is 10.7. The lowest BCUT2D eigenvalue weighted by Crippen LogP contribution is -1.88. The van der Waals surface area contributed by atoms with E-state index in [4.69, 9.17) is 16.9 Å². The first kappa shape index (κ1) is 11.7. The second-order valence-electron chi connectivity index (χ2n) is 4.06. The fraction of sp³-hybridized carbons (Fsp3) is 0.0714. The molecule has 0 bridgehead atoms. The predicted molar refractivity (Wildman–Crippen MR) is 72.8 cm³/mol. The van der Waals surface area contributed by atoms with E-state index in [1.807, 2.05) is 30.5 Å². The Kier molecular flexibility index (Phi) is 2.90. The van der Waals surface area contributed by atoms with Gasteiger partial charge in [-0.05, 0) is 18.2 Å². The zero-order valence-electron chi connectivity index (χ0n) is 9.92. The molecule has 0 unspecified atom stereocenters. The first-order valence-electron chi connectivity index (χ1n) is 5.74. The molecule has 2 aromatic heterocycles. The Labute approximate surface area is 114 Å². The number of nitriles is 1. The molecule has 0 fully saturated rings. The molecular weight excluding hydrogens is 260 g/mol. The largest absolute Gasteiger partial charge is 0.237 e. The van der Waals surface area contributed by atoms with E-state index in [2.05, 4.69) is 16.2 Å². The standard InChI is InChI=1S/C14H9ClN4/c15-11-4-1-3-10(9-11)13-12(5-6-16)14-17-7-2-8-19(14)18-13/h1-4,7-9H,5H2. The van der Waals surface area contributed by atoms with Gasteiger partial charge in [0, 0.05) is 28.5 Å². The first-order valence-corrected chi connectivity index (χ1v) is 6.12. The quantitative estimate of drug-likeness (QED) is 0.717. The summed E-state index contributed by atoms with van der Waals surface area (Å²) in [5.74, 6) is 0. The average molecular weight is 269 g/mol. The van der Waals surface area contributed by atoms with Gasteiger partial charge in [-0.15, -0.1) is 0 Å². The van der Waals surface area contributed by atoms with Crippen molar-refractivity contribution in [3.8, 4) is 17.3 Å². The summed E-state index contributed by atoms with van der Waals surface area (Å²) in [6.45, 7) is 0. The maximum Gasteiger partial charge on any atom is 0.159 e. The number of halogens is 1. The molecule has 1 aromatic carbocycles. The summed E-state index contributed by atoms with van der Waals surface area (Å²) in [4.78, 5) is 4.28. The molecule has 0 aliphatic heterocycles. The molecule has 2 heterocycles. The van der Waals surface area contributed by atoms with Gasteiger partial charge in [-0.3, -0.25) is 0 Å². The number of fused-ring (bicyclic) bond motifs is 1. The van der Waals surface area contributed by atoms with E-state index < -0.39 is 0 Å². The summed E-state index contributed by atoms with van der Waals surface area (Å²) < 4.78 is 1.68. The SMILES string of the molecule is N#CCc1c(-c2cccc(Cl)c2)nn2cccnc12. The van der Waals surface area contributed by atoms with Gasteiger partial charge in [-0.25, -0.2) is 9.50 Å². The summed E-state index contributed by atoms with van der Waals surface area (Å²) in [6, 6.07) is 11.4. The van der Waals surface area contributed by atoms with Gasteiger partial charge in [-0.2, -0.15) is 10.4 Å². The summed E-state index contributed by atoms with van der Waals surface area (Å²) in [6.07, 6.45) is 3.78. The van der Waals surface area contributed by atoms with E-state index in [1.165, 1.54) is 0 Å². The van der Waals surface area contributed by atoms with Crippen molar-refractivity contribution in [2.24, 2.45) is 0 Å². The van der Waals surface area contributed by atoms with Gasteiger partial charge in [0.05, 0.1) is 18.2 Å². The maximum absolute atomic E-state index is 8.98. The lowest BCUT2D eigenvalue weighted by Gasteiger charge is -1.99. The van der Waals surface area contributed by atoms with Crippen molar-refractivity contribution in [2.45, 2.75) is 6.42 Å². The van der Waals surface area contributed by atoms with Crippen molar-refractivity contribution >= 4 is 17.2 Å². The fourth-order valence-electron chi connectivity index (χ4n) is 2.04. The van der Waals surface area contributed by atoms with Gasteiger partial charge in [0.25, 0.3) is 0 Å². The molecular formula is C14H9ClN4. The Balaban J connectivity index is 2.28. The molecule has 0 radical (unpaired) electrons. The molecule has 0 saturated heterocycles. The Morgan fingerprint density at radius 3 is 3.00 bits per heavy atom. The van der Waals surface area contributed by atoms with Crippen LogP contribution in [0.2, 0.25) is 5.02 Å². The normalized spacial score (nSPS) is 10.5. The van der Waals surface area contributed by atoms with Crippen molar-refractivity contribution in [3.05, 3.63) is 53.3 Å². The molecule has 92 valence electrons. The number of benzene rings is 1. The van der Waals surface area contributed by atoms with Crippen LogP contribution in [0.25, 0.3) is 16.9 Å². The van der Waals surface area contributed by atoms with Gasteiger partial charge < -0.3 is 0 Å². The molecule has 0 aliphatic carbocycles. The van der Waals surface area contributed by atoms with Gasteiger partial charge in [-0.1, -0.05) is 23.7 Å². The minimum atomic E-state index is 0.266. The highest BCUT2D eigenvalue weighted by atomic mass is 35.5. The Hall–Kier alpha value is -2.38. The fourth-order valence-corrected chi connectivity index (χ4v) is 2.23. The summed E-state index contributed by atoms with van der Waals surface area (Å²) in [5.41, 5.74) is 3.18. The van der Waals surface area contributed by atoms with Crippen LogP contribution < -0.4 is 0 Å². The van der Waals surface area contributed by atoms with Crippen molar-refractivity contribution in [3.63, 3.8) is 0 Å². The monoisotopic (exact) mass is 268 g/mol. The van der Waals surface area contributed by atoms with Crippen molar-refractivity contribution in [1.82, 2.24) is 14.6 Å². The van der Waals surface area contributed by atoms with Crippen LogP contribution in [-0.4, -0.2) is 14.6 Å². The highest BCUT2D eigenvalue weighted by Gasteiger charge is 2.15. The van der Waals surface area contributed by atoms with E-state index in [9.17, 15) is 0 Å². The molecule has 19 heavy (non-hydrogen) atoms. The second kappa shape index (κ2) is 4.71. The van der Waals surface area contributed by atoms with Gasteiger partial charge >= 0.3 is 0 Å². The van der Waals surface area contributed by atoms with Crippen molar-refractivity contribution in [1.29, 1.82) is 5.26 Å². The molecule has 4 nitrogen and oxygen atoms in total. The van der Waals surface area contributed by atoms with E-state index in [0.29, 0.717) is 10.7 Å². The topological polar surface area (TPSA) is 54.0 Å². The molecule has 0 saturated carbocycles. The highest BCUT2D eigenvalue weighted by molar-refractivity contribution is 6.30. The van der Waals surface area contributed by atoms with Crippen LogP contribution in [0.1, 0.15) is 5.56 Å². The van der Waals surface area contributed by atoms with Crippen LogP contribution in [0.5, 0.6) is 0 Å². The lowest BCUT2D eigenvalue weighted by molar-refractivity contribution is 0.943. The van der Waals surface area contributed by atoms with Gasteiger partial charge in [0.15, 0.2) is 5.65 Å². The number of aromatic nitrogens is 3. The van der Waals surface area contributed by atoms with Gasteiger partial charge in [0.1, 0.15) is 0 Å². The molecule has 3 rings (SSSR count). The Morgan fingerprint density at radius 2 is 2.21 bits per heavy atom. The highest BCUT2D eigenvalue weighted by Crippen LogP contribution is 2.27. The number of hydrogen-bond donors (Lipinski definition) is 0. The third-order valence-electron chi connectivity index (χ3n) is 2.84. The Morgan fingerprint density at radius 1 is 1.32 bits per heavy atom. The number of rotatable bonds is 2. The third-order valence-corrected chi connectivity index (χ3v) is 3.08. The minimum Gasteiger partial charge on any atom is -0.237 e. The minimum absolute atomic E-state index is 0.266. The van der Waals surface area contributed by atoms with Crippen molar-refractivity contribution in [2.75, 3.05) is 0 Å². The smallest absolute Gasteiger partial charge is 0.159 e. The van der Waals surface area contributed by atoms with Gasteiger partial charge in [0.2, 0.25) is 0 Å². The first-order chi connectivity index (χ1) is 9.29.